The molecule has 0 unspecified atom stereocenters. The van der Waals surface area contributed by atoms with Gasteiger partial charge in [-0.25, -0.2) is 0 Å². The number of hydrogen-bond donors (Lipinski definition) is 1. The number of nitro benzene ring substituents is 1. The molecule has 3 N–H and O–H groups in total. The van der Waals surface area contributed by atoms with Crippen LogP contribution in [-0.2, 0) is 0 Å². The van der Waals surface area contributed by atoms with Crippen LogP contribution in [0.3, 0.4) is 0 Å². The number of para-hydroxylation sites is 1. The van der Waals surface area contributed by atoms with Crippen LogP contribution in [0.2, 0.25) is 0 Å². The fourth-order valence-corrected chi connectivity index (χ4v) is 0.550. The minimum absolute atomic E-state index is 0. The van der Waals surface area contributed by atoms with E-state index in [2.05, 4.69) is 0 Å². The van der Waals surface area contributed by atoms with Crippen LogP contribution in [0.4, 0.5) is 57.5 Å². The van der Waals surface area contributed by atoms with Crippen LogP contribution in [0.25, 0.3) is 0 Å². The number of benzene rings is 1. The summed E-state index contributed by atoms with van der Waals surface area (Å²) in [7, 11) is -18.0. The first-order valence-corrected chi connectivity index (χ1v) is 5.12. The fourth-order valence-electron chi connectivity index (χ4n) is 0.550. The third-order valence-corrected chi connectivity index (χ3v) is 0.967. The van der Waals surface area contributed by atoms with Crippen molar-refractivity contribution in [3.05, 3.63) is 40.4 Å². The Morgan fingerprint density at radius 2 is 0.885 bits per heavy atom. The van der Waals surface area contributed by atoms with Crippen LogP contribution < -0.4 is 57.5 Å². The summed E-state index contributed by atoms with van der Waals surface area (Å²) in [5.41, 5.74) is 0.137. The molecule has 0 aliphatic carbocycles. The summed E-state index contributed by atoms with van der Waals surface area (Å²) in [5.74, 6) is 0. The molecule has 0 aromatic heterocycles. The zero-order valence-corrected chi connectivity index (χ0v) is 15.7. The average molecular weight is 441 g/mol. The molecule has 0 aliphatic rings. The molecule has 1 rings (SSSR count). The number of nitro groups is 1. The van der Waals surface area contributed by atoms with Gasteiger partial charge in [-0.1, -0.05) is 18.2 Å². The number of rotatable bonds is 1. The van der Waals surface area contributed by atoms with Crippen molar-refractivity contribution in [2.75, 3.05) is 0 Å². The maximum Gasteiger partial charge on any atom is 1.00 e. The molecule has 4 nitrogen and oxygen atoms in total. The molecule has 0 fully saturated rings. The first-order valence-electron chi connectivity index (χ1n) is 5.12. The fraction of sp³-hybridized carbons (Fsp3) is 0. The van der Waals surface area contributed by atoms with Gasteiger partial charge in [0.25, 0.3) is 5.69 Å². The maximum atomic E-state index is 10.0. The second-order valence-corrected chi connectivity index (χ2v) is 3.08. The first-order chi connectivity index (χ1) is 10.3. The molecule has 0 aliphatic heterocycles. The Morgan fingerprint density at radius 3 is 1.00 bits per heavy atom. The first kappa shape index (κ1) is 36.5. The van der Waals surface area contributed by atoms with Gasteiger partial charge in [0, 0.05) is 12.1 Å². The summed E-state index contributed by atoms with van der Waals surface area (Å²) in [5, 5.41) is 10.0. The van der Waals surface area contributed by atoms with Crippen molar-refractivity contribution in [2.45, 2.75) is 0 Å². The van der Waals surface area contributed by atoms with Gasteiger partial charge in [0.2, 0.25) is 0 Å². The van der Waals surface area contributed by atoms with Gasteiger partial charge in [-0.2, -0.15) is 0 Å². The predicted molar refractivity (Wildman–Crippen MR) is 69.8 cm³/mol. The van der Waals surface area contributed by atoms with Crippen LogP contribution in [-0.4, -0.2) is 26.7 Å². The Morgan fingerprint density at radius 1 is 0.692 bits per heavy atom. The molecule has 152 valence electrons. The van der Waals surface area contributed by atoms with E-state index in [1.165, 1.54) is 12.1 Å². The van der Waals surface area contributed by atoms with E-state index in [9.17, 15) is 61.9 Å². The second kappa shape index (κ2) is 16.7. The van der Waals surface area contributed by atoms with Gasteiger partial charge in [-0.15, -0.1) is 0 Å². The topological polar surface area (TPSA) is 78.1 Å². The van der Waals surface area contributed by atoms with Crippen LogP contribution in [0, 0.1) is 10.1 Å². The van der Waals surface area contributed by atoms with Gasteiger partial charge < -0.3 is 59.4 Å². The Hall–Kier alpha value is -0.429. The quantitative estimate of drug-likeness (QED) is 0.316. The summed E-state index contributed by atoms with van der Waals surface area (Å²) >= 11 is 0. The molecule has 0 heterocycles. The molecule has 1 aromatic carbocycles. The van der Waals surface area contributed by atoms with E-state index in [-0.39, 0.29) is 64.6 Å². The minimum atomic E-state index is -6.00. The normalized spacial score (nSPS) is 10.0. The van der Waals surface area contributed by atoms with E-state index in [1.54, 1.807) is 18.2 Å². The van der Waals surface area contributed by atoms with E-state index in [1.807, 2.05) is 0 Å². The zero-order valence-electron chi connectivity index (χ0n) is 13.6. The third-order valence-electron chi connectivity index (χ3n) is 0.967. The van der Waals surface area contributed by atoms with Crippen LogP contribution in [0.1, 0.15) is 1.43 Å². The van der Waals surface area contributed by atoms with Crippen molar-refractivity contribution in [3.8, 4) is 0 Å². The predicted octanol–water partition coefficient (Wildman–Crippen LogP) is 2.77. The van der Waals surface area contributed by atoms with Gasteiger partial charge in [-0.3, -0.25) is 10.1 Å². The van der Waals surface area contributed by atoms with Gasteiger partial charge in [0.15, 0.2) is 0 Å². The van der Waals surface area contributed by atoms with Gasteiger partial charge in [0.1, 0.15) is 0 Å². The van der Waals surface area contributed by atoms with Crippen molar-refractivity contribution in [2.24, 2.45) is 0 Å². The summed E-state index contributed by atoms with van der Waals surface area (Å²) in [6, 6.07) is 7.93. The number of halogens is 12. The van der Waals surface area contributed by atoms with Crippen molar-refractivity contribution < 1.29 is 110 Å². The third kappa shape index (κ3) is 89.7. The molecule has 0 amide bonds. The molecule has 0 spiro atoms. The average Bonchev–Trinajstić information content (AvgIpc) is 2.23. The number of non-ortho nitro benzene ring substituents is 1. The number of nitrogens with zero attached hydrogens (tertiary/aromatic N) is 1. The molecule has 26 heavy (non-hydrogen) atoms. The zero-order chi connectivity index (χ0) is 20.2. The molecule has 0 radical (unpaired) electrons. The molecule has 0 atom stereocenters. The molecular formula is C6H9B3F12KN2O2-3. The Labute approximate surface area is 182 Å². The molecule has 0 saturated heterocycles. The van der Waals surface area contributed by atoms with Crippen molar-refractivity contribution in [3.63, 3.8) is 0 Å². The monoisotopic (exact) mass is 441 g/mol. The molecule has 0 bridgehead atoms. The largest absolute Gasteiger partial charge is 1.00 e. The van der Waals surface area contributed by atoms with Crippen molar-refractivity contribution in [1.82, 2.24) is 6.15 Å². The SMILES string of the molecule is F[B-](F)(F)F.F[B-](F)(F)F.F[B-](F)(F)F.N.O=[N+]([O-])c1ccccc1.[H-].[K+]. The Bertz CT molecular complexity index is 417. The van der Waals surface area contributed by atoms with Crippen LogP contribution in [0.15, 0.2) is 30.3 Å². The van der Waals surface area contributed by atoms with Crippen LogP contribution in [0.5, 0.6) is 0 Å². The van der Waals surface area contributed by atoms with Crippen molar-refractivity contribution >= 4 is 27.5 Å². The van der Waals surface area contributed by atoms with Crippen LogP contribution >= 0.6 is 0 Å². The summed E-state index contributed by atoms with van der Waals surface area (Å²) < 4.78 is 117. The van der Waals surface area contributed by atoms with E-state index >= 15 is 0 Å². The summed E-state index contributed by atoms with van der Waals surface area (Å²) in [6.07, 6.45) is 0. The summed E-state index contributed by atoms with van der Waals surface area (Å²) in [4.78, 5) is 9.59. The van der Waals surface area contributed by atoms with Gasteiger partial charge >= 0.3 is 73.1 Å². The standard InChI is InChI=1S/C6H5NO2.3BF4.K.H3N.H/c8-7(9)6-4-2-1-3-5-6;3*2-1(3,4)5;;;/h1-5H;;;;;1H3;/q;3*-1;+1;;-1. The number of hydrogen-bond acceptors (Lipinski definition) is 3. The molecule has 0 saturated carbocycles. The molecule has 1 aromatic rings. The van der Waals surface area contributed by atoms with E-state index in [0.29, 0.717) is 0 Å². The van der Waals surface area contributed by atoms with Gasteiger partial charge in [0.05, 0.1) is 4.92 Å². The van der Waals surface area contributed by atoms with Crippen molar-refractivity contribution in [1.29, 1.82) is 0 Å². The molecular weight excluding hydrogens is 432 g/mol. The minimum Gasteiger partial charge on any atom is -1.00 e. The maximum absolute atomic E-state index is 10.0. The second-order valence-electron chi connectivity index (χ2n) is 3.08. The molecule has 20 heteroatoms. The van der Waals surface area contributed by atoms with E-state index in [4.69, 9.17) is 0 Å². The Balaban J connectivity index is -0.0000000549. The Kier molecular flexibility index (Phi) is 23.5. The van der Waals surface area contributed by atoms with Gasteiger partial charge in [-0.05, 0) is 0 Å². The van der Waals surface area contributed by atoms with E-state index in [0.717, 1.165) is 0 Å². The smallest absolute Gasteiger partial charge is 1.00 e. The van der Waals surface area contributed by atoms with E-state index < -0.39 is 26.7 Å². The summed E-state index contributed by atoms with van der Waals surface area (Å²) in [6.45, 7) is 0.